The minimum atomic E-state index is -0.409. The molecule has 0 spiro atoms. The Morgan fingerprint density at radius 1 is 1.55 bits per heavy atom. The number of carbonyl (C=O) groups is 1. The molecule has 0 bridgehead atoms. The van der Waals surface area contributed by atoms with Crippen LogP contribution in [-0.2, 0) is 4.74 Å². The third-order valence-electron chi connectivity index (χ3n) is 3.82. The lowest BCUT2D eigenvalue weighted by molar-refractivity contribution is 0.0933. The van der Waals surface area contributed by atoms with Crippen LogP contribution in [0.1, 0.15) is 28.4 Å². The average molecular weight is 415 g/mol. The van der Waals surface area contributed by atoms with E-state index in [1.165, 1.54) is 12.4 Å². The van der Waals surface area contributed by atoms with Crippen LogP contribution in [0.25, 0.3) is 11.3 Å². The maximum atomic E-state index is 14.0. The quantitative estimate of drug-likeness (QED) is 0.755. The summed E-state index contributed by atoms with van der Waals surface area (Å²) in [6.45, 7) is 1.17. The Balaban J connectivity index is 2.09. The number of pyridine rings is 1. The van der Waals surface area contributed by atoms with Crippen molar-refractivity contribution in [3.05, 3.63) is 39.1 Å². The summed E-state index contributed by atoms with van der Waals surface area (Å²) in [7, 11) is 1.65. The monoisotopic (exact) mass is 415 g/mol. The van der Waals surface area contributed by atoms with Crippen LogP contribution < -0.4 is 5.32 Å². The Hall–Kier alpha value is -1.48. The third kappa shape index (κ3) is 2.63. The Labute approximate surface area is 140 Å². The van der Waals surface area contributed by atoms with Gasteiger partial charge in [0.15, 0.2) is 5.82 Å². The highest BCUT2D eigenvalue weighted by molar-refractivity contribution is 14.1. The van der Waals surface area contributed by atoms with E-state index >= 15 is 0 Å². The largest absolute Gasteiger partial charge is 0.385 e. The number of ether oxygens (including phenoxy) is 1. The maximum absolute atomic E-state index is 14.0. The fraction of sp³-hybridized carbons (Fsp3) is 0.333. The summed E-state index contributed by atoms with van der Waals surface area (Å²) in [6, 6.07) is 1.61. The van der Waals surface area contributed by atoms with Gasteiger partial charge in [0.25, 0.3) is 5.91 Å². The van der Waals surface area contributed by atoms with Crippen LogP contribution >= 0.6 is 22.6 Å². The van der Waals surface area contributed by atoms with Crippen LogP contribution in [0.15, 0.2) is 18.5 Å². The lowest BCUT2D eigenvalue weighted by Crippen LogP contribution is -2.35. The molecule has 2 aromatic heterocycles. The molecule has 1 atom stereocenters. The van der Waals surface area contributed by atoms with Gasteiger partial charge in [0, 0.05) is 43.6 Å². The number of halogens is 2. The van der Waals surface area contributed by atoms with Crippen molar-refractivity contribution in [1.29, 1.82) is 0 Å². The summed E-state index contributed by atoms with van der Waals surface area (Å²) < 4.78 is 19.9. The molecule has 3 rings (SSSR count). The van der Waals surface area contributed by atoms with Crippen LogP contribution in [0.5, 0.6) is 0 Å². The molecule has 3 heterocycles. The van der Waals surface area contributed by atoms with Gasteiger partial charge in [-0.05, 0) is 35.1 Å². The van der Waals surface area contributed by atoms with Gasteiger partial charge >= 0.3 is 0 Å². The molecule has 1 aliphatic heterocycles. The number of aromatic nitrogens is 2. The van der Waals surface area contributed by atoms with Crippen molar-refractivity contribution in [2.75, 3.05) is 20.3 Å². The summed E-state index contributed by atoms with van der Waals surface area (Å²) in [4.78, 5) is 19.2. The van der Waals surface area contributed by atoms with Crippen LogP contribution in [0.3, 0.4) is 0 Å². The SMILES string of the molecule is COCCC1CNC(=O)c2c1[nH]c(-c1ccncc1F)c2I. The zero-order valence-corrected chi connectivity index (χ0v) is 14.1. The zero-order chi connectivity index (χ0) is 15.7. The normalized spacial score (nSPS) is 17.2. The summed E-state index contributed by atoms with van der Waals surface area (Å²) in [5, 5.41) is 2.89. The first-order chi connectivity index (χ1) is 10.6. The Bertz CT molecular complexity index is 717. The molecule has 0 saturated heterocycles. The van der Waals surface area contributed by atoms with Crippen LogP contribution in [0.2, 0.25) is 0 Å². The number of hydrogen-bond acceptors (Lipinski definition) is 3. The van der Waals surface area contributed by atoms with Crippen molar-refractivity contribution in [3.8, 4) is 11.3 Å². The van der Waals surface area contributed by atoms with Gasteiger partial charge in [0.05, 0.1) is 21.0 Å². The van der Waals surface area contributed by atoms with Gasteiger partial charge in [-0.3, -0.25) is 9.78 Å². The minimum absolute atomic E-state index is 0.120. The van der Waals surface area contributed by atoms with Gasteiger partial charge in [-0.15, -0.1) is 0 Å². The molecule has 116 valence electrons. The van der Waals surface area contributed by atoms with Gasteiger partial charge < -0.3 is 15.0 Å². The van der Waals surface area contributed by atoms with Crippen molar-refractivity contribution in [3.63, 3.8) is 0 Å². The molecule has 0 saturated carbocycles. The van der Waals surface area contributed by atoms with Gasteiger partial charge in [-0.2, -0.15) is 0 Å². The second kappa shape index (κ2) is 6.33. The molecule has 5 nitrogen and oxygen atoms in total. The van der Waals surface area contributed by atoms with Crippen molar-refractivity contribution in [1.82, 2.24) is 15.3 Å². The maximum Gasteiger partial charge on any atom is 0.254 e. The Morgan fingerprint density at radius 3 is 3.09 bits per heavy atom. The molecule has 0 radical (unpaired) electrons. The van der Waals surface area contributed by atoms with E-state index in [-0.39, 0.29) is 11.8 Å². The van der Waals surface area contributed by atoms with E-state index in [0.29, 0.717) is 30.0 Å². The van der Waals surface area contributed by atoms with Gasteiger partial charge in [0.1, 0.15) is 0 Å². The second-order valence-corrected chi connectivity index (χ2v) is 6.23. The summed E-state index contributed by atoms with van der Waals surface area (Å²) in [6.07, 6.45) is 3.50. The molecule has 0 aromatic carbocycles. The third-order valence-corrected chi connectivity index (χ3v) is 4.90. The summed E-state index contributed by atoms with van der Waals surface area (Å²) in [5.74, 6) is -0.391. The predicted octanol–water partition coefficient (Wildman–Crippen LogP) is 2.68. The number of hydrogen-bond donors (Lipinski definition) is 2. The molecule has 0 aliphatic carbocycles. The highest BCUT2D eigenvalue weighted by atomic mass is 127. The lowest BCUT2D eigenvalue weighted by atomic mass is 9.95. The average Bonchev–Trinajstić information content (AvgIpc) is 2.86. The number of nitrogens with one attached hydrogen (secondary N) is 2. The van der Waals surface area contributed by atoms with Crippen LogP contribution in [0, 0.1) is 9.39 Å². The predicted molar refractivity (Wildman–Crippen MR) is 88.3 cm³/mol. The van der Waals surface area contributed by atoms with Crippen LogP contribution in [-0.4, -0.2) is 36.1 Å². The molecule has 1 amide bonds. The number of H-pyrrole nitrogens is 1. The van der Waals surface area contributed by atoms with Crippen molar-refractivity contribution in [2.45, 2.75) is 12.3 Å². The lowest BCUT2D eigenvalue weighted by Gasteiger charge is -2.22. The molecule has 22 heavy (non-hydrogen) atoms. The Morgan fingerprint density at radius 2 is 2.36 bits per heavy atom. The number of carbonyl (C=O) groups excluding carboxylic acids is 1. The molecule has 1 unspecified atom stereocenters. The van der Waals surface area contributed by atoms with Crippen LogP contribution in [0.4, 0.5) is 4.39 Å². The molecule has 0 fully saturated rings. The number of nitrogens with zero attached hydrogens (tertiary/aromatic N) is 1. The highest BCUT2D eigenvalue weighted by Crippen LogP contribution is 2.36. The number of rotatable bonds is 4. The Kier molecular flexibility index (Phi) is 4.44. The number of aromatic amines is 1. The van der Waals surface area contributed by atoms with Crippen molar-refractivity contribution >= 4 is 28.5 Å². The van der Waals surface area contributed by atoms with E-state index in [2.05, 4.69) is 37.9 Å². The zero-order valence-electron chi connectivity index (χ0n) is 12.0. The fourth-order valence-electron chi connectivity index (χ4n) is 2.70. The van der Waals surface area contributed by atoms with E-state index in [0.717, 1.165) is 15.7 Å². The molecule has 7 heteroatoms. The van der Waals surface area contributed by atoms with E-state index in [1.54, 1.807) is 13.2 Å². The molecule has 2 aromatic rings. The fourth-order valence-corrected chi connectivity index (χ4v) is 3.66. The number of methoxy groups -OCH3 is 1. The number of amides is 1. The highest BCUT2D eigenvalue weighted by Gasteiger charge is 2.31. The van der Waals surface area contributed by atoms with Gasteiger partial charge in [-0.25, -0.2) is 4.39 Å². The van der Waals surface area contributed by atoms with E-state index in [4.69, 9.17) is 4.74 Å². The minimum Gasteiger partial charge on any atom is -0.385 e. The first-order valence-corrected chi connectivity index (χ1v) is 7.99. The van der Waals surface area contributed by atoms with Gasteiger partial charge in [-0.1, -0.05) is 0 Å². The molecule has 1 aliphatic rings. The van der Waals surface area contributed by atoms with E-state index in [9.17, 15) is 9.18 Å². The standard InChI is InChI=1S/C15H15FIN3O2/c1-22-5-3-8-6-19-15(21)11-12(17)14(20-13(8)11)9-2-4-18-7-10(9)16/h2,4,7-8,20H,3,5-6H2,1H3,(H,19,21). The van der Waals surface area contributed by atoms with E-state index in [1.807, 2.05) is 0 Å². The number of fused-ring (bicyclic) bond motifs is 1. The summed E-state index contributed by atoms with van der Waals surface area (Å²) >= 11 is 2.09. The van der Waals surface area contributed by atoms with Gasteiger partial charge in [0.2, 0.25) is 0 Å². The molecule has 2 N–H and O–H groups in total. The molecular formula is C15H15FIN3O2. The van der Waals surface area contributed by atoms with E-state index < -0.39 is 5.82 Å². The molecular weight excluding hydrogens is 400 g/mol. The van der Waals surface area contributed by atoms with Crippen molar-refractivity contribution in [2.24, 2.45) is 0 Å². The van der Waals surface area contributed by atoms with Crippen molar-refractivity contribution < 1.29 is 13.9 Å². The topological polar surface area (TPSA) is 67.0 Å². The smallest absolute Gasteiger partial charge is 0.254 e. The summed E-state index contributed by atoms with van der Waals surface area (Å²) in [5.41, 5.74) is 2.52. The second-order valence-electron chi connectivity index (χ2n) is 5.15. The first-order valence-electron chi connectivity index (χ1n) is 6.91. The first kappa shape index (κ1) is 15.4.